The summed E-state index contributed by atoms with van der Waals surface area (Å²) in [4.78, 5) is 12.1. The van der Waals surface area contributed by atoms with Gasteiger partial charge in [-0.2, -0.15) is 13.2 Å². The SMILES string of the molecule is O=C(NNS(=O)(=O)c1ccccc1C(F)(F)F)C1CC1. The number of rotatable bonds is 4. The summed E-state index contributed by atoms with van der Waals surface area (Å²) in [6.07, 6.45) is -3.51. The molecule has 20 heavy (non-hydrogen) atoms. The lowest BCUT2D eigenvalue weighted by Crippen LogP contribution is -2.42. The van der Waals surface area contributed by atoms with Crippen LogP contribution in [0.2, 0.25) is 0 Å². The van der Waals surface area contributed by atoms with Crippen molar-refractivity contribution >= 4 is 15.9 Å². The van der Waals surface area contributed by atoms with E-state index in [1.165, 1.54) is 6.07 Å². The molecule has 5 nitrogen and oxygen atoms in total. The first-order valence-electron chi connectivity index (χ1n) is 5.70. The molecule has 1 aromatic rings. The van der Waals surface area contributed by atoms with Gasteiger partial charge in [-0.3, -0.25) is 10.2 Å². The molecule has 0 heterocycles. The number of carbonyl (C=O) groups excluding carboxylic acids is 1. The highest BCUT2D eigenvalue weighted by Gasteiger charge is 2.37. The first kappa shape index (κ1) is 14.8. The number of hydrazine groups is 1. The van der Waals surface area contributed by atoms with Crippen molar-refractivity contribution in [3.8, 4) is 0 Å². The van der Waals surface area contributed by atoms with Crippen LogP contribution in [0.25, 0.3) is 0 Å². The van der Waals surface area contributed by atoms with Crippen LogP contribution in [-0.2, 0) is 21.0 Å². The van der Waals surface area contributed by atoms with Crippen molar-refractivity contribution in [2.75, 3.05) is 0 Å². The van der Waals surface area contributed by atoms with Crippen LogP contribution >= 0.6 is 0 Å². The van der Waals surface area contributed by atoms with E-state index in [4.69, 9.17) is 0 Å². The molecule has 0 unspecified atom stereocenters. The van der Waals surface area contributed by atoms with Gasteiger partial charge in [0.05, 0.1) is 10.5 Å². The second-order valence-corrected chi connectivity index (χ2v) is 6.01. The van der Waals surface area contributed by atoms with Gasteiger partial charge in [-0.25, -0.2) is 8.42 Å². The van der Waals surface area contributed by atoms with Gasteiger partial charge in [-0.15, -0.1) is 4.83 Å². The van der Waals surface area contributed by atoms with Gasteiger partial charge in [0, 0.05) is 5.92 Å². The maximum Gasteiger partial charge on any atom is 0.417 e. The predicted octanol–water partition coefficient (Wildman–Crippen LogP) is 1.42. The Bertz CT molecular complexity index is 624. The van der Waals surface area contributed by atoms with Crippen molar-refractivity contribution in [1.29, 1.82) is 0 Å². The molecule has 9 heteroatoms. The molecule has 0 aromatic heterocycles. The zero-order valence-corrected chi connectivity index (χ0v) is 10.9. The molecule has 0 aliphatic heterocycles. The number of alkyl halides is 3. The van der Waals surface area contributed by atoms with E-state index in [0.29, 0.717) is 18.9 Å². The molecule has 0 radical (unpaired) electrons. The predicted molar refractivity (Wildman–Crippen MR) is 62.6 cm³/mol. The van der Waals surface area contributed by atoms with Crippen molar-refractivity contribution in [3.05, 3.63) is 29.8 Å². The van der Waals surface area contributed by atoms with Gasteiger partial charge in [0.1, 0.15) is 0 Å². The van der Waals surface area contributed by atoms with Crippen LogP contribution in [0.3, 0.4) is 0 Å². The number of nitrogens with one attached hydrogen (secondary N) is 2. The topological polar surface area (TPSA) is 75.3 Å². The molecule has 0 saturated heterocycles. The van der Waals surface area contributed by atoms with Crippen molar-refractivity contribution in [2.45, 2.75) is 23.9 Å². The Hall–Kier alpha value is -1.61. The zero-order valence-electron chi connectivity index (χ0n) is 10.1. The fraction of sp³-hybridized carbons (Fsp3) is 0.364. The summed E-state index contributed by atoms with van der Waals surface area (Å²) in [5, 5.41) is 0. The molecule has 0 spiro atoms. The molecule has 1 aliphatic rings. The second kappa shape index (κ2) is 5.06. The number of hydrogen-bond donors (Lipinski definition) is 2. The van der Waals surface area contributed by atoms with Gasteiger partial charge in [-0.1, -0.05) is 12.1 Å². The van der Waals surface area contributed by atoms with Gasteiger partial charge >= 0.3 is 6.18 Å². The highest BCUT2D eigenvalue weighted by molar-refractivity contribution is 7.89. The number of amides is 1. The molecular formula is C11H11F3N2O3S. The largest absolute Gasteiger partial charge is 0.417 e. The first-order chi connectivity index (χ1) is 9.22. The molecule has 1 aromatic carbocycles. The number of carbonyl (C=O) groups is 1. The standard InChI is InChI=1S/C11H11F3N2O3S/c12-11(13,14)8-3-1-2-4-9(8)20(18,19)16-15-10(17)7-5-6-7/h1-4,7,16H,5-6H2,(H,15,17). The van der Waals surface area contributed by atoms with Crippen molar-refractivity contribution < 1.29 is 26.4 Å². The van der Waals surface area contributed by atoms with E-state index in [9.17, 15) is 26.4 Å². The smallest absolute Gasteiger partial charge is 0.277 e. The quantitative estimate of drug-likeness (QED) is 0.826. The third-order valence-electron chi connectivity index (χ3n) is 2.74. The molecule has 1 aliphatic carbocycles. The molecule has 2 N–H and O–H groups in total. The second-order valence-electron chi connectivity index (χ2n) is 4.36. The Morgan fingerprint density at radius 2 is 1.80 bits per heavy atom. The van der Waals surface area contributed by atoms with Gasteiger partial charge in [0.2, 0.25) is 5.91 Å². The minimum Gasteiger partial charge on any atom is -0.277 e. The van der Waals surface area contributed by atoms with Crippen molar-refractivity contribution in [1.82, 2.24) is 10.3 Å². The summed E-state index contributed by atoms with van der Waals surface area (Å²) in [7, 11) is -4.48. The van der Waals surface area contributed by atoms with Crippen LogP contribution in [0, 0.1) is 5.92 Å². The van der Waals surface area contributed by atoms with E-state index in [1.807, 2.05) is 5.43 Å². The van der Waals surface area contributed by atoms with E-state index in [0.717, 1.165) is 12.1 Å². The molecular weight excluding hydrogens is 297 g/mol. The van der Waals surface area contributed by atoms with Crippen molar-refractivity contribution in [2.24, 2.45) is 5.92 Å². The molecule has 1 fully saturated rings. The Labute approximate surface area is 113 Å². The van der Waals surface area contributed by atoms with Crippen LogP contribution in [0.5, 0.6) is 0 Å². The summed E-state index contributed by atoms with van der Waals surface area (Å²) in [6, 6.07) is 3.75. The third kappa shape index (κ3) is 3.28. The lowest BCUT2D eigenvalue weighted by atomic mass is 10.2. The van der Waals surface area contributed by atoms with Crippen LogP contribution < -0.4 is 10.3 Å². The number of halogens is 3. The monoisotopic (exact) mass is 308 g/mol. The molecule has 1 amide bonds. The zero-order chi connectivity index (χ0) is 15.0. The van der Waals surface area contributed by atoms with Gasteiger partial charge in [-0.05, 0) is 25.0 Å². The summed E-state index contributed by atoms with van der Waals surface area (Å²) >= 11 is 0. The van der Waals surface area contributed by atoms with Crippen molar-refractivity contribution in [3.63, 3.8) is 0 Å². The Morgan fingerprint density at radius 1 is 1.20 bits per heavy atom. The normalized spacial score (nSPS) is 15.9. The van der Waals surface area contributed by atoms with Crippen LogP contribution in [0.1, 0.15) is 18.4 Å². The lowest BCUT2D eigenvalue weighted by Gasteiger charge is -2.13. The van der Waals surface area contributed by atoms with E-state index in [1.54, 1.807) is 4.83 Å². The van der Waals surface area contributed by atoms with E-state index in [2.05, 4.69) is 0 Å². The molecule has 110 valence electrons. The van der Waals surface area contributed by atoms with Gasteiger partial charge in [0.25, 0.3) is 10.0 Å². The summed E-state index contributed by atoms with van der Waals surface area (Å²) in [6.45, 7) is 0. The summed E-state index contributed by atoms with van der Waals surface area (Å²) < 4.78 is 61.9. The lowest BCUT2D eigenvalue weighted by molar-refractivity contribution is -0.139. The molecule has 2 rings (SSSR count). The minimum absolute atomic E-state index is 0.268. The average molecular weight is 308 g/mol. The Morgan fingerprint density at radius 3 is 2.35 bits per heavy atom. The average Bonchev–Trinajstić information content (AvgIpc) is 3.19. The van der Waals surface area contributed by atoms with E-state index >= 15 is 0 Å². The Balaban J connectivity index is 2.23. The first-order valence-corrected chi connectivity index (χ1v) is 7.18. The number of hydrogen-bond acceptors (Lipinski definition) is 3. The number of benzene rings is 1. The minimum atomic E-state index is -4.80. The molecule has 1 saturated carbocycles. The van der Waals surface area contributed by atoms with E-state index < -0.39 is 32.6 Å². The fourth-order valence-corrected chi connectivity index (χ4v) is 2.63. The van der Waals surface area contributed by atoms with E-state index in [-0.39, 0.29) is 5.92 Å². The maximum absolute atomic E-state index is 12.7. The Kier molecular flexibility index (Phi) is 3.74. The van der Waals surface area contributed by atoms with Crippen LogP contribution in [0.15, 0.2) is 29.2 Å². The highest BCUT2D eigenvalue weighted by atomic mass is 32.2. The molecule has 0 bridgehead atoms. The summed E-state index contributed by atoms with van der Waals surface area (Å²) in [5.74, 6) is -0.811. The van der Waals surface area contributed by atoms with Gasteiger partial charge < -0.3 is 0 Å². The molecule has 0 atom stereocenters. The summed E-state index contributed by atoms with van der Waals surface area (Å²) in [5.41, 5.74) is 0.634. The fourth-order valence-electron chi connectivity index (χ4n) is 1.56. The van der Waals surface area contributed by atoms with Gasteiger partial charge in [0.15, 0.2) is 0 Å². The van der Waals surface area contributed by atoms with Crippen LogP contribution in [-0.4, -0.2) is 14.3 Å². The highest BCUT2D eigenvalue weighted by Crippen LogP contribution is 2.33. The number of sulfonamides is 1. The maximum atomic E-state index is 12.7. The third-order valence-corrected chi connectivity index (χ3v) is 4.04. The van der Waals surface area contributed by atoms with Crippen LogP contribution in [0.4, 0.5) is 13.2 Å².